The van der Waals surface area contributed by atoms with Crippen LogP contribution in [-0.2, 0) is 27.4 Å². The van der Waals surface area contributed by atoms with Crippen molar-refractivity contribution in [3.8, 4) is 5.75 Å². The zero-order chi connectivity index (χ0) is 24.7. The van der Waals surface area contributed by atoms with E-state index in [2.05, 4.69) is 24.3 Å². The van der Waals surface area contributed by atoms with Crippen LogP contribution in [0.2, 0.25) is 0 Å². The van der Waals surface area contributed by atoms with Gasteiger partial charge in [-0.25, -0.2) is 0 Å². The lowest BCUT2D eigenvalue weighted by Gasteiger charge is -2.18. The summed E-state index contributed by atoms with van der Waals surface area (Å²) in [4.78, 5) is 25.0. The summed E-state index contributed by atoms with van der Waals surface area (Å²) in [6, 6.07) is 14.9. The molecule has 0 aliphatic carbocycles. The standard InChI is InChI=1S/C27H32N2O5/c1-6-17(2)23-9-7-8-10-25(23)28-27(31)20(5)33-26(30)15-21-11-13-22(14-12-21)32-16-24-18(3)29-34-19(24)4/h7-14,17,20H,6,15-16H2,1-5H3,(H,28,31). The molecule has 7 nitrogen and oxygen atoms in total. The zero-order valence-electron chi connectivity index (χ0n) is 20.4. The summed E-state index contributed by atoms with van der Waals surface area (Å²) in [5.74, 6) is 0.892. The fourth-order valence-corrected chi connectivity index (χ4v) is 3.52. The Hall–Kier alpha value is -3.61. The maximum absolute atomic E-state index is 12.6. The number of anilines is 1. The molecule has 0 aliphatic heterocycles. The van der Waals surface area contributed by atoms with E-state index in [0.29, 0.717) is 18.3 Å². The van der Waals surface area contributed by atoms with Gasteiger partial charge in [-0.1, -0.05) is 49.3 Å². The number of para-hydroxylation sites is 1. The number of rotatable bonds is 10. The van der Waals surface area contributed by atoms with E-state index in [1.54, 1.807) is 31.2 Å². The Bertz CT molecular complexity index is 1100. The molecule has 2 unspecified atom stereocenters. The SMILES string of the molecule is CCC(C)c1ccccc1NC(=O)C(C)OC(=O)Cc1ccc(OCc2c(C)noc2C)cc1. The Morgan fingerprint density at radius 1 is 1.06 bits per heavy atom. The van der Waals surface area contributed by atoms with Gasteiger partial charge < -0.3 is 19.3 Å². The topological polar surface area (TPSA) is 90.7 Å². The molecule has 0 radical (unpaired) electrons. The number of benzene rings is 2. The highest BCUT2D eigenvalue weighted by Crippen LogP contribution is 2.26. The van der Waals surface area contributed by atoms with Crippen molar-refractivity contribution in [3.05, 3.63) is 76.7 Å². The van der Waals surface area contributed by atoms with Crippen LogP contribution in [0.1, 0.15) is 61.3 Å². The largest absolute Gasteiger partial charge is 0.489 e. The van der Waals surface area contributed by atoms with Gasteiger partial charge in [-0.15, -0.1) is 0 Å². The summed E-state index contributed by atoms with van der Waals surface area (Å²) < 4.78 is 16.3. The predicted octanol–water partition coefficient (Wildman–Crippen LogP) is 5.50. The number of hydrogen-bond acceptors (Lipinski definition) is 6. The van der Waals surface area contributed by atoms with Crippen molar-refractivity contribution in [2.24, 2.45) is 0 Å². The van der Waals surface area contributed by atoms with Crippen molar-refractivity contribution in [1.29, 1.82) is 0 Å². The third kappa shape index (κ3) is 6.47. The van der Waals surface area contributed by atoms with Crippen LogP contribution in [0.15, 0.2) is 53.1 Å². The van der Waals surface area contributed by atoms with Gasteiger partial charge in [-0.05, 0) is 62.4 Å². The molecule has 0 bridgehead atoms. The van der Waals surface area contributed by atoms with E-state index in [1.807, 2.05) is 38.1 Å². The predicted molar refractivity (Wildman–Crippen MR) is 130 cm³/mol. The number of carbonyl (C=O) groups excluding carboxylic acids is 2. The molecule has 1 aromatic heterocycles. The Kier molecular flexibility index (Phi) is 8.46. The molecular weight excluding hydrogens is 432 g/mol. The lowest BCUT2D eigenvalue weighted by atomic mass is 9.97. The van der Waals surface area contributed by atoms with E-state index in [0.717, 1.165) is 40.3 Å². The average molecular weight is 465 g/mol. The first-order chi connectivity index (χ1) is 16.3. The first kappa shape index (κ1) is 25.0. The molecule has 34 heavy (non-hydrogen) atoms. The van der Waals surface area contributed by atoms with Gasteiger partial charge in [-0.2, -0.15) is 0 Å². The lowest BCUT2D eigenvalue weighted by Crippen LogP contribution is -2.30. The molecule has 0 aliphatic rings. The van der Waals surface area contributed by atoms with Crippen LogP contribution < -0.4 is 10.1 Å². The number of hydrogen-bond donors (Lipinski definition) is 1. The van der Waals surface area contributed by atoms with E-state index in [9.17, 15) is 9.59 Å². The van der Waals surface area contributed by atoms with Crippen molar-refractivity contribution < 1.29 is 23.6 Å². The molecule has 0 spiro atoms. The number of aryl methyl sites for hydroxylation is 2. The monoisotopic (exact) mass is 464 g/mol. The number of nitrogens with zero attached hydrogens (tertiary/aromatic N) is 1. The molecule has 7 heteroatoms. The normalized spacial score (nSPS) is 12.6. The van der Waals surface area contributed by atoms with Crippen molar-refractivity contribution in [2.45, 2.75) is 66.1 Å². The van der Waals surface area contributed by atoms with Crippen LogP contribution >= 0.6 is 0 Å². The highest BCUT2D eigenvalue weighted by molar-refractivity contribution is 5.95. The number of esters is 1. The maximum atomic E-state index is 12.6. The Morgan fingerprint density at radius 3 is 2.41 bits per heavy atom. The maximum Gasteiger partial charge on any atom is 0.311 e. The van der Waals surface area contributed by atoms with Crippen LogP contribution in [0.4, 0.5) is 5.69 Å². The second-order valence-electron chi connectivity index (χ2n) is 8.43. The van der Waals surface area contributed by atoms with Gasteiger partial charge in [0.1, 0.15) is 18.1 Å². The number of nitrogens with one attached hydrogen (secondary N) is 1. The fraction of sp³-hybridized carbons (Fsp3) is 0.370. The molecule has 1 N–H and O–H groups in total. The lowest BCUT2D eigenvalue weighted by molar-refractivity contribution is -0.152. The summed E-state index contributed by atoms with van der Waals surface area (Å²) in [5, 5.41) is 6.81. The Labute approximate surface area is 200 Å². The molecule has 3 aromatic rings. The van der Waals surface area contributed by atoms with E-state index >= 15 is 0 Å². The van der Waals surface area contributed by atoms with Crippen molar-refractivity contribution in [2.75, 3.05) is 5.32 Å². The van der Waals surface area contributed by atoms with E-state index < -0.39 is 12.1 Å². The quantitative estimate of drug-likeness (QED) is 0.399. The molecule has 1 heterocycles. The van der Waals surface area contributed by atoms with E-state index in [-0.39, 0.29) is 12.3 Å². The van der Waals surface area contributed by atoms with Crippen LogP contribution in [-0.4, -0.2) is 23.1 Å². The van der Waals surface area contributed by atoms with Crippen LogP contribution in [0.25, 0.3) is 0 Å². The first-order valence-corrected chi connectivity index (χ1v) is 11.5. The van der Waals surface area contributed by atoms with Crippen LogP contribution in [0.5, 0.6) is 5.75 Å². The number of amides is 1. The molecular formula is C27H32N2O5. The number of aromatic nitrogens is 1. The smallest absolute Gasteiger partial charge is 0.311 e. The average Bonchev–Trinajstić information content (AvgIpc) is 3.15. The highest BCUT2D eigenvalue weighted by Gasteiger charge is 2.20. The number of carbonyl (C=O) groups is 2. The fourth-order valence-electron chi connectivity index (χ4n) is 3.52. The second kappa shape index (κ2) is 11.5. The van der Waals surface area contributed by atoms with Crippen LogP contribution in [0.3, 0.4) is 0 Å². The van der Waals surface area contributed by atoms with Gasteiger partial charge in [0.05, 0.1) is 17.7 Å². The van der Waals surface area contributed by atoms with Gasteiger partial charge >= 0.3 is 5.97 Å². The first-order valence-electron chi connectivity index (χ1n) is 11.5. The molecule has 2 atom stereocenters. The van der Waals surface area contributed by atoms with Gasteiger partial charge in [0.15, 0.2) is 6.10 Å². The summed E-state index contributed by atoms with van der Waals surface area (Å²) in [6.07, 6.45) is 0.113. The summed E-state index contributed by atoms with van der Waals surface area (Å²) in [5.41, 5.74) is 4.31. The molecule has 3 rings (SSSR count). The zero-order valence-corrected chi connectivity index (χ0v) is 20.4. The molecule has 1 amide bonds. The van der Waals surface area contributed by atoms with Gasteiger partial charge in [-0.3, -0.25) is 9.59 Å². The molecule has 0 fully saturated rings. The third-order valence-electron chi connectivity index (χ3n) is 5.88. The molecule has 0 saturated carbocycles. The minimum Gasteiger partial charge on any atom is -0.489 e. The highest BCUT2D eigenvalue weighted by atomic mass is 16.5. The minimum absolute atomic E-state index is 0.0607. The summed E-state index contributed by atoms with van der Waals surface area (Å²) in [6.45, 7) is 9.86. The molecule has 0 saturated heterocycles. The third-order valence-corrected chi connectivity index (χ3v) is 5.88. The van der Waals surface area contributed by atoms with Crippen LogP contribution in [0, 0.1) is 13.8 Å². The summed E-state index contributed by atoms with van der Waals surface area (Å²) >= 11 is 0. The van der Waals surface area contributed by atoms with E-state index in [1.165, 1.54) is 0 Å². The van der Waals surface area contributed by atoms with Gasteiger partial charge in [0.25, 0.3) is 5.91 Å². The number of ether oxygens (including phenoxy) is 2. The van der Waals surface area contributed by atoms with Gasteiger partial charge in [0.2, 0.25) is 0 Å². The van der Waals surface area contributed by atoms with Crippen molar-refractivity contribution >= 4 is 17.6 Å². The van der Waals surface area contributed by atoms with Gasteiger partial charge in [0, 0.05) is 5.69 Å². The minimum atomic E-state index is -0.907. The molecule has 180 valence electrons. The second-order valence-corrected chi connectivity index (χ2v) is 8.43. The van der Waals surface area contributed by atoms with Crippen molar-refractivity contribution in [1.82, 2.24) is 5.16 Å². The Morgan fingerprint density at radius 2 is 1.76 bits per heavy atom. The van der Waals surface area contributed by atoms with E-state index in [4.69, 9.17) is 14.0 Å². The summed E-state index contributed by atoms with van der Waals surface area (Å²) in [7, 11) is 0. The molecule has 2 aromatic carbocycles. The Balaban J connectivity index is 1.50. The van der Waals surface area contributed by atoms with Crippen molar-refractivity contribution in [3.63, 3.8) is 0 Å².